The van der Waals surface area contributed by atoms with Crippen LogP contribution in [0.1, 0.15) is 11.1 Å². The van der Waals surface area contributed by atoms with Gasteiger partial charge in [0.2, 0.25) is 0 Å². The van der Waals surface area contributed by atoms with E-state index in [1.165, 1.54) is 32.3 Å². The number of nitrogens with zero attached hydrogens (tertiary/aromatic N) is 2. The van der Waals surface area contributed by atoms with Crippen LogP contribution in [0.15, 0.2) is 107 Å². The first-order valence-electron chi connectivity index (χ1n) is 11.3. The maximum atomic E-state index is 5.90. The van der Waals surface area contributed by atoms with Crippen molar-refractivity contribution in [2.45, 2.75) is 22.9 Å². The molecule has 0 N–H and O–H groups in total. The summed E-state index contributed by atoms with van der Waals surface area (Å²) in [6, 6.07) is 34.0. The minimum Gasteiger partial charge on any atom is -0.473 e. The molecule has 34 heavy (non-hydrogen) atoms. The Hall–Kier alpha value is -3.22. The van der Waals surface area contributed by atoms with Crippen LogP contribution in [0.2, 0.25) is 0 Å². The van der Waals surface area contributed by atoms with Crippen molar-refractivity contribution in [1.29, 1.82) is 0 Å². The molecule has 6 rings (SSSR count). The molecule has 0 aliphatic carbocycles. The van der Waals surface area contributed by atoms with Crippen molar-refractivity contribution < 1.29 is 9.47 Å². The lowest BCUT2D eigenvalue weighted by atomic mass is 10.1. The van der Waals surface area contributed by atoms with Gasteiger partial charge >= 0.3 is 0 Å². The van der Waals surface area contributed by atoms with E-state index >= 15 is 0 Å². The van der Waals surface area contributed by atoms with E-state index in [0.717, 1.165) is 24.6 Å². The van der Waals surface area contributed by atoms with Gasteiger partial charge in [0.15, 0.2) is 13.5 Å². The quantitative estimate of drug-likeness (QED) is 0.278. The largest absolute Gasteiger partial charge is 0.473 e. The van der Waals surface area contributed by atoms with Gasteiger partial charge in [-0.3, -0.25) is 0 Å². The molecule has 4 nitrogen and oxygen atoms in total. The summed E-state index contributed by atoms with van der Waals surface area (Å²) >= 11 is 0. The second-order valence-electron chi connectivity index (χ2n) is 8.31. The van der Waals surface area contributed by atoms with Crippen LogP contribution in [-0.4, -0.2) is 13.5 Å². The fourth-order valence-electron chi connectivity index (χ4n) is 4.20. The van der Waals surface area contributed by atoms with E-state index in [0.29, 0.717) is 13.5 Å². The molecule has 0 atom stereocenters. The third kappa shape index (κ3) is 4.56. The number of fused-ring (bicyclic) bond motifs is 2. The summed E-state index contributed by atoms with van der Waals surface area (Å²) in [5.74, 6) is 1.98. The molecule has 4 aromatic rings. The highest BCUT2D eigenvalue weighted by atomic mass is 33.1. The zero-order valence-electron chi connectivity index (χ0n) is 18.6. The van der Waals surface area contributed by atoms with Crippen molar-refractivity contribution in [1.82, 2.24) is 0 Å². The van der Waals surface area contributed by atoms with Gasteiger partial charge in [0.1, 0.15) is 11.5 Å². The lowest BCUT2D eigenvalue weighted by molar-refractivity contribution is 0.289. The summed E-state index contributed by atoms with van der Waals surface area (Å²) in [4.78, 5) is 6.98. The summed E-state index contributed by atoms with van der Waals surface area (Å²) in [5, 5.41) is 0. The fourth-order valence-corrected chi connectivity index (χ4v) is 6.13. The summed E-state index contributed by atoms with van der Waals surface area (Å²) in [6.45, 7) is 2.91. The molecular weight excluding hydrogens is 460 g/mol. The topological polar surface area (TPSA) is 24.9 Å². The van der Waals surface area contributed by atoms with Gasteiger partial charge < -0.3 is 19.3 Å². The molecule has 0 amide bonds. The minimum atomic E-state index is 0.582. The minimum absolute atomic E-state index is 0.582. The van der Waals surface area contributed by atoms with Crippen LogP contribution in [0.4, 0.5) is 11.4 Å². The number of anilines is 2. The molecular formula is C28H24N2O2S2. The second kappa shape index (κ2) is 9.57. The highest BCUT2D eigenvalue weighted by molar-refractivity contribution is 8.76. The van der Waals surface area contributed by atoms with Crippen LogP contribution in [0.3, 0.4) is 0 Å². The predicted octanol–water partition coefficient (Wildman–Crippen LogP) is 7.20. The van der Waals surface area contributed by atoms with E-state index < -0.39 is 0 Å². The first-order chi connectivity index (χ1) is 16.8. The summed E-state index contributed by atoms with van der Waals surface area (Å²) < 4.78 is 11.8. The van der Waals surface area contributed by atoms with Crippen molar-refractivity contribution in [2.75, 3.05) is 23.3 Å². The van der Waals surface area contributed by atoms with Gasteiger partial charge in [-0.1, -0.05) is 58.0 Å². The van der Waals surface area contributed by atoms with Gasteiger partial charge in [-0.2, -0.15) is 0 Å². The molecule has 2 aliphatic heterocycles. The molecule has 0 saturated heterocycles. The van der Waals surface area contributed by atoms with Gasteiger partial charge in [-0.25, -0.2) is 0 Å². The van der Waals surface area contributed by atoms with E-state index in [2.05, 4.69) is 82.6 Å². The molecule has 0 spiro atoms. The van der Waals surface area contributed by atoms with E-state index in [9.17, 15) is 0 Å². The molecule has 2 heterocycles. The Morgan fingerprint density at radius 2 is 0.912 bits per heavy atom. The normalized spacial score (nSPS) is 14.6. The summed E-state index contributed by atoms with van der Waals surface area (Å²) in [7, 11) is 3.56. The molecule has 170 valence electrons. The molecule has 0 radical (unpaired) electrons. The van der Waals surface area contributed by atoms with Crippen LogP contribution in [0.5, 0.6) is 11.5 Å². The average Bonchev–Trinajstić information content (AvgIpc) is 2.92. The SMILES string of the molecule is c1ccc2c(c1)CN(c1ccc(SSc3ccc(N4COc5ccccc5C4)cc3)cc1)CO2. The number of para-hydroxylation sites is 2. The Labute approximate surface area is 207 Å². The number of hydrogen-bond acceptors (Lipinski definition) is 6. The molecule has 2 aliphatic rings. The lowest BCUT2D eigenvalue weighted by Gasteiger charge is -2.30. The Morgan fingerprint density at radius 3 is 1.35 bits per heavy atom. The zero-order chi connectivity index (χ0) is 22.7. The van der Waals surface area contributed by atoms with Crippen molar-refractivity contribution in [2.24, 2.45) is 0 Å². The standard InChI is InChI=1S/C28H24N2O2S2/c1-3-7-27-21(5-1)17-29(19-31-27)23-9-13-25(14-10-23)33-34-26-15-11-24(12-16-26)30-18-22-6-2-4-8-28(22)32-20-30/h1-16H,17-20H2. The van der Waals surface area contributed by atoms with Crippen LogP contribution in [0, 0.1) is 0 Å². The van der Waals surface area contributed by atoms with Gasteiger partial charge in [0, 0.05) is 45.4 Å². The third-order valence-electron chi connectivity index (χ3n) is 6.06. The Bertz CT molecular complexity index is 1180. The van der Waals surface area contributed by atoms with Gasteiger partial charge in [-0.15, -0.1) is 0 Å². The van der Waals surface area contributed by atoms with E-state index in [1.807, 2.05) is 24.3 Å². The number of hydrogen-bond donors (Lipinski definition) is 0. The third-order valence-corrected chi connectivity index (χ3v) is 8.47. The van der Waals surface area contributed by atoms with Gasteiger partial charge in [0.05, 0.1) is 0 Å². The molecule has 0 bridgehead atoms. The van der Waals surface area contributed by atoms with Crippen molar-refractivity contribution in [3.05, 3.63) is 108 Å². The smallest absolute Gasteiger partial charge is 0.161 e. The molecule has 4 aromatic carbocycles. The maximum Gasteiger partial charge on any atom is 0.161 e. The van der Waals surface area contributed by atoms with E-state index in [4.69, 9.17) is 9.47 Å². The highest BCUT2D eigenvalue weighted by Crippen LogP contribution is 2.39. The second-order valence-corrected chi connectivity index (χ2v) is 10.6. The van der Waals surface area contributed by atoms with Crippen LogP contribution >= 0.6 is 21.6 Å². The maximum absolute atomic E-state index is 5.90. The lowest BCUT2D eigenvalue weighted by Crippen LogP contribution is -2.31. The Balaban J connectivity index is 1.05. The Kier molecular flexibility index (Phi) is 6.00. The first kappa shape index (κ1) is 21.3. The van der Waals surface area contributed by atoms with Crippen LogP contribution < -0.4 is 19.3 Å². The molecule has 0 saturated carbocycles. The summed E-state index contributed by atoms with van der Waals surface area (Å²) in [5.41, 5.74) is 4.81. The number of benzene rings is 4. The summed E-state index contributed by atoms with van der Waals surface area (Å²) in [6.07, 6.45) is 0. The Morgan fingerprint density at radius 1 is 0.500 bits per heavy atom. The number of ether oxygens (including phenoxy) is 2. The van der Waals surface area contributed by atoms with Gasteiger partial charge in [0.25, 0.3) is 0 Å². The molecule has 6 heteroatoms. The van der Waals surface area contributed by atoms with E-state index in [-0.39, 0.29) is 0 Å². The number of rotatable bonds is 5. The van der Waals surface area contributed by atoms with Crippen LogP contribution in [0.25, 0.3) is 0 Å². The van der Waals surface area contributed by atoms with Crippen molar-refractivity contribution in [3.63, 3.8) is 0 Å². The van der Waals surface area contributed by atoms with Gasteiger partial charge in [-0.05, 0) is 60.7 Å². The van der Waals surface area contributed by atoms with E-state index in [1.54, 1.807) is 21.6 Å². The predicted molar refractivity (Wildman–Crippen MR) is 141 cm³/mol. The first-order valence-corrected chi connectivity index (χ1v) is 13.4. The average molecular weight is 485 g/mol. The highest BCUT2D eigenvalue weighted by Gasteiger charge is 2.18. The molecule has 0 fully saturated rings. The zero-order valence-corrected chi connectivity index (χ0v) is 20.2. The monoisotopic (exact) mass is 484 g/mol. The molecule has 0 aromatic heterocycles. The van der Waals surface area contributed by atoms with Crippen LogP contribution in [-0.2, 0) is 13.1 Å². The van der Waals surface area contributed by atoms with Crippen molar-refractivity contribution >= 4 is 33.0 Å². The fraction of sp³-hybridized carbons (Fsp3) is 0.143. The molecule has 0 unspecified atom stereocenters. The van der Waals surface area contributed by atoms with Crippen molar-refractivity contribution in [3.8, 4) is 11.5 Å².